The fourth-order valence-electron chi connectivity index (χ4n) is 4.55. The van der Waals surface area contributed by atoms with Gasteiger partial charge in [-0.3, -0.25) is 0 Å². The molecule has 6 aromatic rings. The van der Waals surface area contributed by atoms with Crippen molar-refractivity contribution in [2.75, 3.05) is 22.1 Å². The summed E-state index contributed by atoms with van der Waals surface area (Å²) in [6.07, 6.45) is 0. The topological polar surface area (TPSA) is 175 Å². The van der Waals surface area contributed by atoms with Gasteiger partial charge >= 0.3 is 215 Å². The van der Waals surface area contributed by atoms with Gasteiger partial charge in [-0.15, -0.1) is 0 Å². The number of nitrogen functional groups attached to an aromatic ring is 2. The van der Waals surface area contributed by atoms with Crippen LogP contribution in [0, 0.1) is 22.7 Å². The molecular weight excluding hydrogens is 1040 g/mol. The van der Waals surface area contributed by atoms with E-state index >= 15 is 0 Å². The third kappa shape index (κ3) is 14.1. The number of hydrogen-bond donors (Lipinski definition) is 4. The first kappa shape index (κ1) is 44.0. The van der Waals surface area contributed by atoms with Crippen molar-refractivity contribution in [3.05, 3.63) is 101 Å². The quantitative estimate of drug-likeness (QED) is 0.122. The summed E-state index contributed by atoms with van der Waals surface area (Å²) in [6, 6.07) is 30.2. The Morgan fingerprint density at radius 1 is 0.585 bits per heavy atom. The van der Waals surface area contributed by atoms with E-state index in [1.807, 2.05) is 42.5 Å². The molecule has 2 radical (unpaired) electrons. The molecule has 2 heterocycles. The van der Waals surface area contributed by atoms with E-state index in [0.717, 1.165) is 37.7 Å². The van der Waals surface area contributed by atoms with Crippen LogP contribution in [0.2, 0.25) is 44.5 Å². The van der Waals surface area contributed by atoms with E-state index in [9.17, 15) is 0 Å². The molecule has 4 aromatic carbocycles. The predicted molar refractivity (Wildman–Crippen MR) is 234 cm³/mol. The summed E-state index contributed by atoms with van der Waals surface area (Å²) in [5, 5.41) is 25.6. The standard InChI is InChI=1S/C15H10BrN5.C15H10N5.9CH3.3Sn/c16-12-3-1-2-11-13(12)20-15(21-14(11)18)19-10-6-4-9(8-17)5-7-10;16-9-10-5-7-11(8-6-10)18-15-19-13-4-2-1-3-12(13)14(17)20-15;;;;;;;;;;;;/h1-7H,(H3,18,19,20,21);1-3,5-8H,(H3,17,18,19,20);9*1H3;;;. The minimum absolute atomic E-state index is 0.414. The van der Waals surface area contributed by atoms with Crippen LogP contribution >= 0.6 is 15.9 Å². The number of fused-ring (bicyclic) bond motifs is 2. The normalized spacial score (nSPS) is 10.5. The number of halogens is 1. The van der Waals surface area contributed by atoms with Gasteiger partial charge < -0.3 is 11.1 Å². The Morgan fingerprint density at radius 2 is 0.962 bits per heavy atom. The molecule has 0 spiro atoms. The van der Waals surface area contributed by atoms with Crippen molar-refractivity contribution < 1.29 is 0 Å². The van der Waals surface area contributed by atoms with Crippen molar-refractivity contribution >= 4 is 134 Å². The van der Waals surface area contributed by atoms with Gasteiger partial charge in [0.2, 0.25) is 5.95 Å². The Hall–Kier alpha value is -3.38. The number of anilines is 6. The molecular formula is C39H47BrN10Sn3. The molecule has 10 nitrogen and oxygen atoms in total. The molecule has 0 aliphatic carbocycles. The Bertz CT molecular complexity index is 2200. The average Bonchev–Trinajstić information content (AvgIpc) is 3.09. The fourth-order valence-corrected chi connectivity index (χ4v) is 9.28. The Kier molecular flexibility index (Phi) is 17.4. The Labute approximate surface area is 340 Å². The summed E-state index contributed by atoms with van der Waals surface area (Å²) in [4.78, 5) is 39.1. The molecule has 0 saturated heterocycles. The third-order valence-electron chi connectivity index (χ3n) is 6.81. The van der Waals surface area contributed by atoms with E-state index in [4.69, 9.17) is 27.0 Å². The Balaban J connectivity index is 0.000000239. The summed E-state index contributed by atoms with van der Waals surface area (Å²) in [5.74, 6) is 1.79. The van der Waals surface area contributed by atoms with Crippen molar-refractivity contribution in [1.29, 1.82) is 10.5 Å². The second-order valence-electron chi connectivity index (χ2n) is 14.1. The van der Waals surface area contributed by atoms with Crippen molar-refractivity contribution in [2.45, 2.75) is 44.5 Å². The first-order chi connectivity index (χ1) is 25.0. The van der Waals surface area contributed by atoms with Crippen LogP contribution in [0.1, 0.15) is 11.1 Å². The number of nitriles is 2. The summed E-state index contributed by atoms with van der Waals surface area (Å²) < 4.78 is 2.19. The van der Waals surface area contributed by atoms with E-state index < -0.39 is 57.9 Å². The van der Waals surface area contributed by atoms with Gasteiger partial charge in [-0.1, -0.05) is 6.07 Å². The number of nitrogens with one attached hydrogen (secondary N) is 2. The summed E-state index contributed by atoms with van der Waals surface area (Å²) in [5.41, 5.74) is 16.7. The molecule has 0 fully saturated rings. The molecule has 14 heteroatoms. The molecule has 0 amide bonds. The van der Waals surface area contributed by atoms with E-state index in [0.29, 0.717) is 34.7 Å². The van der Waals surface area contributed by atoms with Crippen LogP contribution < -0.4 is 25.7 Å². The van der Waals surface area contributed by atoms with Crippen LogP contribution in [0.3, 0.4) is 0 Å². The van der Waals surface area contributed by atoms with Crippen LogP contribution in [0.5, 0.6) is 0 Å². The molecule has 0 bridgehead atoms. The van der Waals surface area contributed by atoms with Gasteiger partial charge in [0.05, 0.1) is 17.1 Å². The molecule has 0 saturated carbocycles. The van der Waals surface area contributed by atoms with Crippen LogP contribution in [0.4, 0.5) is 34.9 Å². The molecule has 2 aromatic heterocycles. The van der Waals surface area contributed by atoms with Gasteiger partial charge in [-0.2, -0.15) is 10.2 Å². The predicted octanol–water partition coefficient (Wildman–Crippen LogP) is 9.70. The summed E-state index contributed by atoms with van der Waals surface area (Å²) in [6.45, 7) is 0. The van der Waals surface area contributed by atoms with Crippen molar-refractivity contribution in [3.8, 4) is 12.1 Å². The van der Waals surface area contributed by atoms with E-state index in [1.165, 1.54) is 3.58 Å². The maximum atomic E-state index is 8.87. The maximum absolute atomic E-state index is 8.87. The van der Waals surface area contributed by atoms with E-state index in [1.54, 1.807) is 36.4 Å². The number of para-hydroxylation sites is 2. The number of hydrogen-bond acceptors (Lipinski definition) is 10. The number of nitrogens with zero attached hydrogens (tertiary/aromatic N) is 6. The fraction of sp³-hybridized carbons (Fsp3) is 0.231. The van der Waals surface area contributed by atoms with Crippen molar-refractivity contribution in [1.82, 2.24) is 19.9 Å². The van der Waals surface area contributed by atoms with Gasteiger partial charge in [0.15, 0.2) is 0 Å². The van der Waals surface area contributed by atoms with Gasteiger partial charge in [0.1, 0.15) is 5.82 Å². The summed E-state index contributed by atoms with van der Waals surface area (Å²) in [7, 11) is 0. The van der Waals surface area contributed by atoms with Gasteiger partial charge in [0, 0.05) is 15.5 Å². The Morgan fingerprint density at radius 3 is 1.36 bits per heavy atom. The third-order valence-corrected chi connectivity index (χ3v) is 13.2. The van der Waals surface area contributed by atoms with Crippen LogP contribution in [0.25, 0.3) is 21.8 Å². The van der Waals surface area contributed by atoms with E-state index in [-0.39, 0.29) is 0 Å². The molecule has 0 atom stereocenters. The first-order valence-electron chi connectivity index (χ1n) is 16.9. The number of aromatic nitrogens is 4. The molecule has 6 rings (SSSR count). The molecule has 6 N–H and O–H groups in total. The average molecular weight is 1090 g/mol. The molecule has 272 valence electrons. The van der Waals surface area contributed by atoms with Gasteiger partial charge in [-0.25, -0.2) is 4.98 Å². The molecule has 0 unspecified atom stereocenters. The molecule has 0 aliphatic rings. The monoisotopic (exact) mass is 1090 g/mol. The number of nitrogens with two attached hydrogens (primary N) is 2. The molecule has 0 aliphatic heterocycles. The van der Waals surface area contributed by atoms with Crippen molar-refractivity contribution in [3.63, 3.8) is 0 Å². The van der Waals surface area contributed by atoms with Gasteiger partial charge in [-0.05, 0) is 52.3 Å². The number of benzene rings is 4. The molecule has 53 heavy (non-hydrogen) atoms. The van der Waals surface area contributed by atoms with Crippen molar-refractivity contribution in [2.24, 2.45) is 0 Å². The second-order valence-corrected chi connectivity index (χ2v) is 46.4. The SMILES string of the molecule is N#Cc1ccc(Nc2nc(N)c3cccc(Br)c3n2)cc1.[CH3][Sn]([CH3])([CH3])[c]1cccc2c(N)nc(Nc3ccc(C#N)cc3)nc12.[CH3][Sn]([CH3])[CH3].[CH3][Sn]([CH3])[CH3]. The zero-order valence-corrected chi connectivity index (χ0v) is 41.9. The second kappa shape index (κ2) is 20.9. The van der Waals surface area contributed by atoms with Crippen LogP contribution in [-0.4, -0.2) is 77.8 Å². The number of rotatable bonds is 5. The summed E-state index contributed by atoms with van der Waals surface area (Å²) >= 11 is 0.0433. The zero-order chi connectivity index (χ0) is 39.3. The van der Waals surface area contributed by atoms with Gasteiger partial charge in [0.25, 0.3) is 0 Å². The van der Waals surface area contributed by atoms with Crippen LogP contribution in [0.15, 0.2) is 89.4 Å². The minimum atomic E-state index is -2.33. The first-order valence-corrected chi connectivity index (χ1v) is 44.8. The van der Waals surface area contributed by atoms with Crippen LogP contribution in [-0.2, 0) is 0 Å². The zero-order valence-electron chi connectivity index (χ0n) is 31.8. The van der Waals surface area contributed by atoms with E-state index in [2.05, 4.69) is 104 Å².